The van der Waals surface area contributed by atoms with Gasteiger partial charge in [-0.15, -0.1) is 0 Å². The lowest BCUT2D eigenvalue weighted by Crippen LogP contribution is -2.04. The minimum atomic E-state index is -0.325. The number of allylic oxidation sites excluding steroid dienone is 2. The molecule has 0 aromatic rings. The fourth-order valence-corrected chi connectivity index (χ4v) is 1.87. The third-order valence-electron chi connectivity index (χ3n) is 1.90. The van der Waals surface area contributed by atoms with Crippen molar-refractivity contribution in [2.24, 2.45) is 0 Å². The first kappa shape index (κ1) is 9.51. The van der Waals surface area contributed by atoms with Gasteiger partial charge in [0, 0.05) is 0 Å². The highest BCUT2D eigenvalue weighted by atomic mass is 32.2. The van der Waals surface area contributed by atoms with E-state index < -0.39 is 0 Å². The van der Waals surface area contributed by atoms with Gasteiger partial charge in [0.15, 0.2) is 0 Å². The molecule has 12 heavy (non-hydrogen) atoms. The van der Waals surface area contributed by atoms with Crippen LogP contribution >= 0.6 is 25.3 Å². The van der Waals surface area contributed by atoms with E-state index in [2.05, 4.69) is 25.3 Å². The molecule has 62 valence electrons. The Kier molecular flexibility index (Phi) is 2.72. The first-order valence-corrected chi connectivity index (χ1v) is 4.45. The van der Waals surface area contributed by atoms with E-state index in [-0.39, 0.29) is 9.65 Å². The molecule has 1 aliphatic carbocycles. The van der Waals surface area contributed by atoms with Crippen molar-refractivity contribution in [2.75, 3.05) is 0 Å². The van der Waals surface area contributed by atoms with Gasteiger partial charge in [0.25, 0.3) is 0 Å². The summed E-state index contributed by atoms with van der Waals surface area (Å²) in [6.45, 7) is 0. The van der Waals surface area contributed by atoms with Crippen LogP contribution in [0.4, 0.5) is 0 Å². The van der Waals surface area contributed by atoms with Gasteiger partial charge in [0.1, 0.15) is 17.7 Å². The van der Waals surface area contributed by atoms with Crippen molar-refractivity contribution in [2.45, 2.75) is 23.3 Å². The largest absolute Gasteiger partial charge is 0.192 e. The molecular formula is C8H8N2S2. The maximum atomic E-state index is 8.58. The van der Waals surface area contributed by atoms with Crippen LogP contribution in [0.25, 0.3) is 0 Å². The Labute approximate surface area is 82.7 Å². The molecule has 2 nitrogen and oxygen atoms in total. The van der Waals surface area contributed by atoms with Crippen molar-refractivity contribution in [1.29, 1.82) is 10.5 Å². The van der Waals surface area contributed by atoms with Crippen LogP contribution in [0.5, 0.6) is 0 Å². The van der Waals surface area contributed by atoms with Gasteiger partial charge in [0.2, 0.25) is 0 Å². The average Bonchev–Trinajstić information content (AvgIpc) is 2.34. The van der Waals surface area contributed by atoms with Gasteiger partial charge in [0.05, 0.1) is 4.08 Å². The molecule has 0 aliphatic heterocycles. The van der Waals surface area contributed by atoms with E-state index in [0.29, 0.717) is 6.42 Å². The Morgan fingerprint density at radius 1 is 1.33 bits per heavy atom. The molecule has 1 rings (SSSR count). The summed E-state index contributed by atoms with van der Waals surface area (Å²) in [6.07, 6.45) is 2.22. The van der Waals surface area contributed by atoms with Crippen molar-refractivity contribution in [3.05, 3.63) is 11.1 Å². The smallest absolute Gasteiger partial charge is 0.128 e. The van der Waals surface area contributed by atoms with Crippen LogP contribution in [0.3, 0.4) is 0 Å². The number of thiol groups is 2. The molecule has 0 bridgehead atoms. The normalized spacial score (nSPS) is 19.8. The van der Waals surface area contributed by atoms with Gasteiger partial charge < -0.3 is 0 Å². The van der Waals surface area contributed by atoms with E-state index in [1.165, 1.54) is 0 Å². The molecule has 1 aliphatic rings. The fourth-order valence-electron chi connectivity index (χ4n) is 1.27. The molecule has 0 saturated heterocycles. The Bertz CT molecular complexity index is 288. The first-order chi connectivity index (χ1) is 5.59. The third kappa shape index (κ3) is 1.97. The SMILES string of the molecule is N#CC(C#N)=C1CCC(S)(S)C1. The van der Waals surface area contributed by atoms with Gasteiger partial charge >= 0.3 is 0 Å². The number of nitriles is 2. The molecule has 0 unspecified atom stereocenters. The van der Waals surface area contributed by atoms with Gasteiger partial charge in [-0.25, -0.2) is 0 Å². The lowest BCUT2D eigenvalue weighted by atomic mass is 10.1. The zero-order chi connectivity index (χ0) is 9.19. The molecule has 0 aromatic carbocycles. The van der Waals surface area contributed by atoms with E-state index in [4.69, 9.17) is 10.5 Å². The van der Waals surface area contributed by atoms with Crippen LogP contribution in [-0.2, 0) is 0 Å². The van der Waals surface area contributed by atoms with Crippen molar-refractivity contribution < 1.29 is 0 Å². The minimum absolute atomic E-state index is 0.236. The average molecular weight is 196 g/mol. The molecule has 0 N–H and O–H groups in total. The predicted molar refractivity (Wildman–Crippen MR) is 52.8 cm³/mol. The lowest BCUT2D eigenvalue weighted by molar-refractivity contribution is 0.860. The standard InChI is InChI=1S/C8H8N2S2/c9-4-7(5-10)6-1-2-8(11,12)3-6/h11-12H,1-3H2. The van der Waals surface area contributed by atoms with Crippen molar-refractivity contribution in [3.63, 3.8) is 0 Å². The Hall–Kier alpha value is -0.580. The van der Waals surface area contributed by atoms with Crippen LogP contribution in [0, 0.1) is 22.7 Å². The first-order valence-electron chi connectivity index (χ1n) is 3.56. The number of rotatable bonds is 0. The minimum Gasteiger partial charge on any atom is -0.192 e. The molecule has 0 aromatic heterocycles. The highest BCUT2D eigenvalue weighted by Gasteiger charge is 2.30. The van der Waals surface area contributed by atoms with Crippen LogP contribution < -0.4 is 0 Å². The molecule has 0 atom stereocenters. The molecule has 4 heteroatoms. The van der Waals surface area contributed by atoms with Crippen LogP contribution in [0.1, 0.15) is 19.3 Å². The molecule has 1 saturated carbocycles. The molecule has 0 amide bonds. The summed E-state index contributed by atoms with van der Waals surface area (Å²) in [7, 11) is 0. The molecular weight excluding hydrogens is 188 g/mol. The summed E-state index contributed by atoms with van der Waals surface area (Å²) in [6, 6.07) is 3.76. The van der Waals surface area contributed by atoms with Gasteiger partial charge in [-0.2, -0.15) is 35.8 Å². The highest BCUT2D eigenvalue weighted by Crippen LogP contribution is 2.42. The van der Waals surface area contributed by atoms with Gasteiger partial charge in [-0.1, -0.05) is 0 Å². The van der Waals surface area contributed by atoms with E-state index in [1.807, 2.05) is 12.1 Å². The number of hydrogen-bond acceptors (Lipinski definition) is 4. The zero-order valence-electron chi connectivity index (χ0n) is 6.41. The Morgan fingerprint density at radius 2 is 1.92 bits per heavy atom. The summed E-state index contributed by atoms with van der Waals surface area (Å²) in [5.74, 6) is 0. The summed E-state index contributed by atoms with van der Waals surface area (Å²) in [5.41, 5.74) is 1.13. The topological polar surface area (TPSA) is 47.6 Å². The fraction of sp³-hybridized carbons (Fsp3) is 0.500. The van der Waals surface area contributed by atoms with Crippen molar-refractivity contribution in [1.82, 2.24) is 0 Å². The zero-order valence-corrected chi connectivity index (χ0v) is 8.20. The number of nitrogens with zero attached hydrogens (tertiary/aromatic N) is 2. The summed E-state index contributed by atoms with van der Waals surface area (Å²) in [5, 5.41) is 17.2. The second-order valence-corrected chi connectivity index (χ2v) is 4.93. The number of hydrogen-bond donors (Lipinski definition) is 2. The Balaban J connectivity index is 2.90. The lowest BCUT2D eigenvalue weighted by Gasteiger charge is -2.11. The predicted octanol–water partition coefficient (Wildman–Crippen LogP) is 2.07. The molecule has 1 fully saturated rings. The monoisotopic (exact) mass is 196 g/mol. The van der Waals surface area contributed by atoms with Crippen LogP contribution in [0.15, 0.2) is 11.1 Å². The van der Waals surface area contributed by atoms with E-state index in [1.54, 1.807) is 0 Å². The summed E-state index contributed by atoms with van der Waals surface area (Å²) < 4.78 is -0.325. The van der Waals surface area contributed by atoms with E-state index >= 15 is 0 Å². The van der Waals surface area contributed by atoms with Crippen LogP contribution in [-0.4, -0.2) is 4.08 Å². The highest BCUT2D eigenvalue weighted by molar-refractivity contribution is 8.00. The molecule has 0 spiro atoms. The van der Waals surface area contributed by atoms with Crippen molar-refractivity contribution in [3.8, 4) is 12.1 Å². The van der Waals surface area contributed by atoms with E-state index in [9.17, 15) is 0 Å². The molecule has 0 heterocycles. The summed E-state index contributed by atoms with van der Waals surface area (Å²) >= 11 is 8.58. The summed E-state index contributed by atoms with van der Waals surface area (Å²) in [4.78, 5) is 0. The Morgan fingerprint density at radius 3 is 2.25 bits per heavy atom. The maximum absolute atomic E-state index is 8.58. The van der Waals surface area contributed by atoms with Crippen molar-refractivity contribution >= 4 is 25.3 Å². The van der Waals surface area contributed by atoms with Gasteiger partial charge in [-0.05, 0) is 24.8 Å². The van der Waals surface area contributed by atoms with E-state index in [0.717, 1.165) is 18.4 Å². The molecule has 0 radical (unpaired) electrons. The second kappa shape index (κ2) is 3.43. The van der Waals surface area contributed by atoms with Crippen LogP contribution in [0.2, 0.25) is 0 Å². The third-order valence-corrected chi connectivity index (χ3v) is 2.66. The quantitative estimate of drug-likeness (QED) is 0.354. The maximum Gasteiger partial charge on any atom is 0.128 e. The second-order valence-electron chi connectivity index (χ2n) is 2.86. The van der Waals surface area contributed by atoms with Gasteiger partial charge in [-0.3, -0.25) is 0 Å².